The van der Waals surface area contributed by atoms with Crippen LogP contribution in [-0.2, 0) is 4.79 Å². The first-order chi connectivity index (χ1) is 8.45. The highest BCUT2D eigenvalue weighted by Crippen LogP contribution is 2.25. The number of carboxylic acid groups (broad SMARTS) is 1. The molecule has 0 fully saturated rings. The van der Waals surface area contributed by atoms with Crippen molar-refractivity contribution in [2.45, 2.75) is 13.3 Å². The highest BCUT2D eigenvalue weighted by molar-refractivity contribution is 5.71. The van der Waals surface area contributed by atoms with Crippen molar-refractivity contribution in [3.63, 3.8) is 0 Å². The average Bonchev–Trinajstić information content (AvgIpc) is 2.29. The van der Waals surface area contributed by atoms with E-state index in [1.807, 2.05) is 0 Å². The Bertz CT molecular complexity index is 464. The number of nitrogens with zero attached hydrogens (tertiary/aromatic N) is 1. The normalized spacial score (nSPS) is 11.9. The predicted molar refractivity (Wildman–Crippen MR) is 63.0 cm³/mol. The highest BCUT2D eigenvalue weighted by atomic mass is 19.1. The zero-order valence-electron chi connectivity index (χ0n) is 9.72. The molecule has 0 aromatic heterocycles. The Hall–Kier alpha value is -2.18. The van der Waals surface area contributed by atoms with Crippen LogP contribution in [0.5, 0.6) is 0 Å². The summed E-state index contributed by atoms with van der Waals surface area (Å²) < 4.78 is 13.0. The molecular formula is C11H13FN2O4. The zero-order chi connectivity index (χ0) is 13.7. The summed E-state index contributed by atoms with van der Waals surface area (Å²) in [4.78, 5) is 20.8. The summed E-state index contributed by atoms with van der Waals surface area (Å²) in [6.45, 7) is 1.70. The Morgan fingerprint density at radius 2 is 2.28 bits per heavy atom. The molecule has 1 aromatic carbocycles. The molecule has 0 aliphatic heterocycles. The number of carboxylic acids is 1. The van der Waals surface area contributed by atoms with Gasteiger partial charge in [0.05, 0.1) is 10.8 Å². The summed E-state index contributed by atoms with van der Waals surface area (Å²) in [5, 5.41) is 22.1. The van der Waals surface area contributed by atoms with E-state index in [0.29, 0.717) is 6.42 Å². The van der Waals surface area contributed by atoms with Gasteiger partial charge < -0.3 is 10.4 Å². The van der Waals surface area contributed by atoms with Crippen molar-refractivity contribution in [3.8, 4) is 0 Å². The van der Waals surface area contributed by atoms with Crippen LogP contribution in [-0.4, -0.2) is 22.5 Å². The minimum Gasteiger partial charge on any atom is -0.481 e. The topological polar surface area (TPSA) is 92.5 Å². The van der Waals surface area contributed by atoms with E-state index in [9.17, 15) is 19.3 Å². The number of hydrogen-bond donors (Lipinski definition) is 2. The summed E-state index contributed by atoms with van der Waals surface area (Å²) in [5.41, 5.74) is -0.295. The van der Waals surface area contributed by atoms with Crippen molar-refractivity contribution in [1.82, 2.24) is 0 Å². The number of nitrogens with one attached hydrogen (secondary N) is 1. The molecule has 1 atom stereocenters. The van der Waals surface area contributed by atoms with Crippen LogP contribution in [0.25, 0.3) is 0 Å². The number of anilines is 1. The first-order valence-corrected chi connectivity index (χ1v) is 5.36. The highest BCUT2D eigenvalue weighted by Gasteiger charge is 2.18. The number of rotatable bonds is 6. The summed E-state index contributed by atoms with van der Waals surface area (Å²) in [6.07, 6.45) is 0.380. The number of halogens is 1. The van der Waals surface area contributed by atoms with Gasteiger partial charge in [-0.05, 0) is 12.5 Å². The predicted octanol–water partition coefficient (Wildman–Crippen LogP) is 2.26. The van der Waals surface area contributed by atoms with Crippen LogP contribution in [0.2, 0.25) is 0 Å². The number of carbonyl (C=O) groups is 1. The smallest absolute Gasteiger partial charge is 0.308 e. The van der Waals surface area contributed by atoms with Gasteiger partial charge in [-0.25, -0.2) is 4.39 Å². The lowest BCUT2D eigenvalue weighted by molar-refractivity contribution is -0.384. The fourth-order valence-corrected chi connectivity index (χ4v) is 1.45. The molecule has 0 saturated carbocycles. The van der Waals surface area contributed by atoms with E-state index in [1.165, 1.54) is 0 Å². The van der Waals surface area contributed by atoms with Crippen LogP contribution >= 0.6 is 0 Å². The first kappa shape index (κ1) is 13.9. The van der Waals surface area contributed by atoms with E-state index in [4.69, 9.17) is 5.11 Å². The van der Waals surface area contributed by atoms with Crippen molar-refractivity contribution in [2.24, 2.45) is 5.92 Å². The Labute approximate surface area is 103 Å². The third kappa shape index (κ3) is 3.41. The molecule has 0 aliphatic carbocycles. The van der Waals surface area contributed by atoms with Gasteiger partial charge >= 0.3 is 5.97 Å². The summed E-state index contributed by atoms with van der Waals surface area (Å²) >= 11 is 0. The van der Waals surface area contributed by atoms with Gasteiger partial charge in [0.2, 0.25) is 0 Å². The molecule has 1 unspecified atom stereocenters. The second-order valence-electron chi connectivity index (χ2n) is 3.74. The van der Waals surface area contributed by atoms with Crippen molar-refractivity contribution < 1.29 is 19.2 Å². The van der Waals surface area contributed by atoms with Crippen molar-refractivity contribution in [1.29, 1.82) is 0 Å². The summed E-state index contributed by atoms with van der Waals surface area (Å²) in [6, 6.07) is 3.00. The molecule has 6 nitrogen and oxygen atoms in total. The number of nitro benzene ring substituents is 1. The van der Waals surface area contributed by atoms with Crippen LogP contribution in [0.1, 0.15) is 13.3 Å². The largest absolute Gasteiger partial charge is 0.481 e. The van der Waals surface area contributed by atoms with Gasteiger partial charge in [-0.3, -0.25) is 14.9 Å². The maximum Gasteiger partial charge on any atom is 0.308 e. The third-order valence-corrected chi connectivity index (χ3v) is 2.54. The minimum absolute atomic E-state index is 0.0100. The van der Waals surface area contributed by atoms with Crippen LogP contribution in [0.3, 0.4) is 0 Å². The lowest BCUT2D eigenvalue weighted by atomic mass is 10.1. The van der Waals surface area contributed by atoms with Crippen LogP contribution in [0.15, 0.2) is 18.2 Å². The molecule has 1 aromatic rings. The molecule has 0 amide bonds. The van der Waals surface area contributed by atoms with E-state index in [2.05, 4.69) is 5.32 Å². The fraction of sp³-hybridized carbons (Fsp3) is 0.364. The summed E-state index contributed by atoms with van der Waals surface area (Å²) in [7, 11) is 0. The SMILES string of the molecule is CCC(CNc1cc(F)ccc1[N+](=O)[O-])C(=O)O. The number of nitro groups is 1. The fourth-order valence-electron chi connectivity index (χ4n) is 1.45. The van der Waals surface area contributed by atoms with E-state index in [-0.39, 0.29) is 17.9 Å². The molecule has 2 N–H and O–H groups in total. The Balaban J connectivity index is 2.86. The van der Waals surface area contributed by atoms with E-state index in [0.717, 1.165) is 18.2 Å². The molecule has 0 spiro atoms. The van der Waals surface area contributed by atoms with Gasteiger partial charge in [-0.15, -0.1) is 0 Å². The maximum absolute atomic E-state index is 13.0. The Morgan fingerprint density at radius 3 is 2.78 bits per heavy atom. The van der Waals surface area contributed by atoms with Gasteiger partial charge in [0.25, 0.3) is 5.69 Å². The molecule has 0 heterocycles. The Kier molecular flexibility index (Phi) is 4.59. The first-order valence-electron chi connectivity index (χ1n) is 5.36. The van der Waals surface area contributed by atoms with Crippen LogP contribution in [0, 0.1) is 21.8 Å². The quantitative estimate of drug-likeness (QED) is 0.601. The number of aliphatic carboxylic acids is 1. The lowest BCUT2D eigenvalue weighted by Gasteiger charge is -2.12. The number of hydrogen-bond acceptors (Lipinski definition) is 4. The standard InChI is InChI=1S/C11H13FN2O4/c1-2-7(11(15)16)6-13-9-5-8(12)3-4-10(9)14(17)18/h3-5,7,13H,2,6H2,1H3,(H,15,16). The molecule has 18 heavy (non-hydrogen) atoms. The molecule has 98 valence electrons. The van der Waals surface area contributed by atoms with Gasteiger partial charge in [-0.1, -0.05) is 6.92 Å². The minimum atomic E-state index is -0.996. The van der Waals surface area contributed by atoms with Gasteiger partial charge in [0, 0.05) is 18.7 Å². The van der Waals surface area contributed by atoms with Gasteiger partial charge in [-0.2, -0.15) is 0 Å². The average molecular weight is 256 g/mol. The number of benzene rings is 1. The second kappa shape index (κ2) is 5.95. The van der Waals surface area contributed by atoms with E-state index in [1.54, 1.807) is 6.92 Å². The molecule has 7 heteroatoms. The van der Waals surface area contributed by atoms with E-state index < -0.39 is 22.6 Å². The maximum atomic E-state index is 13.0. The molecule has 0 aliphatic rings. The molecule has 0 saturated heterocycles. The molecule has 0 radical (unpaired) electrons. The lowest BCUT2D eigenvalue weighted by Crippen LogP contribution is -2.22. The monoisotopic (exact) mass is 256 g/mol. The van der Waals surface area contributed by atoms with Gasteiger partial charge in [0.15, 0.2) is 0 Å². The van der Waals surface area contributed by atoms with E-state index >= 15 is 0 Å². The van der Waals surface area contributed by atoms with Crippen molar-refractivity contribution in [2.75, 3.05) is 11.9 Å². The van der Waals surface area contributed by atoms with Crippen LogP contribution < -0.4 is 5.32 Å². The summed E-state index contributed by atoms with van der Waals surface area (Å²) in [5.74, 6) is -2.29. The van der Waals surface area contributed by atoms with Crippen molar-refractivity contribution in [3.05, 3.63) is 34.1 Å². The molecular weight excluding hydrogens is 243 g/mol. The van der Waals surface area contributed by atoms with Crippen LogP contribution in [0.4, 0.5) is 15.8 Å². The molecule has 0 bridgehead atoms. The molecule has 1 rings (SSSR count). The zero-order valence-corrected chi connectivity index (χ0v) is 9.72. The Morgan fingerprint density at radius 1 is 1.61 bits per heavy atom. The third-order valence-electron chi connectivity index (χ3n) is 2.54. The van der Waals surface area contributed by atoms with Gasteiger partial charge in [0.1, 0.15) is 11.5 Å². The van der Waals surface area contributed by atoms with Crippen molar-refractivity contribution >= 4 is 17.3 Å². The second-order valence-corrected chi connectivity index (χ2v) is 3.74.